The summed E-state index contributed by atoms with van der Waals surface area (Å²) in [5, 5.41) is 5.66. The molecule has 1 aromatic heterocycles. The van der Waals surface area contributed by atoms with Crippen LogP contribution in [0.1, 0.15) is 55.6 Å². The second-order valence-electron chi connectivity index (χ2n) is 9.88. The van der Waals surface area contributed by atoms with Gasteiger partial charge in [-0.3, -0.25) is 4.79 Å². The fourth-order valence-corrected chi connectivity index (χ4v) is 4.64. The van der Waals surface area contributed by atoms with Gasteiger partial charge in [0.2, 0.25) is 0 Å². The Kier molecular flexibility index (Phi) is 6.18. The molecule has 2 amide bonds. The van der Waals surface area contributed by atoms with Crippen molar-refractivity contribution in [1.29, 1.82) is 0 Å². The van der Waals surface area contributed by atoms with E-state index in [0.29, 0.717) is 19.5 Å². The fraction of sp³-hybridized carbons (Fsp3) is 0.458. The first-order valence-electron chi connectivity index (χ1n) is 11.1. The Labute approximate surface area is 201 Å². The third-order valence-electron chi connectivity index (χ3n) is 6.15. The minimum atomic E-state index is -1.21. The summed E-state index contributed by atoms with van der Waals surface area (Å²) >= 11 is 5.99. The zero-order valence-electron chi connectivity index (χ0n) is 19.5. The van der Waals surface area contributed by atoms with Crippen LogP contribution >= 0.6 is 11.6 Å². The van der Waals surface area contributed by atoms with Crippen molar-refractivity contribution < 1.29 is 23.1 Å². The molecule has 34 heavy (non-hydrogen) atoms. The Morgan fingerprint density at radius 1 is 1.32 bits per heavy atom. The monoisotopic (exact) mass is 492 g/mol. The summed E-state index contributed by atoms with van der Waals surface area (Å²) in [6.07, 6.45) is 1.42. The van der Waals surface area contributed by atoms with Gasteiger partial charge in [0.05, 0.1) is 10.6 Å². The maximum Gasteiger partial charge on any atom is 0.410 e. The lowest BCUT2D eigenvalue weighted by Gasteiger charge is -2.37. The number of rotatable bonds is 3. The topological polar surface area (TPSA) is 83.6 Å². The standard InChI is InChI=1S/C24H27ClF2N4O3/c1-23(2,3)34-22(33)31-9-8-13(11-31)30-20-19(27)17-14(10-28-20)21(32)29-12-24(17,4)15-6-5-7-16(25)18(15)26/h5-7,10,13H,8-9,11-12H2,1-4H3,(H,28,30)(H,29,32)/t13-,24?/m1/s1. The second kappa shape index (κ2) is 8.69. The van der Waals surface area contributed by atoms with Gasteiger partial charge in [-0.2, -0.15) is 0 Å². The van der Waals surface area contributed by atoms with Crippen molar-refractivity contribution >= 4 is 29.4 Å². The number of nitrogens with one attached hydrogen (secondary N) is 2. The highest BCUT2D eigenvalue weighted by Gasteiger charge is 2.43. The SMILES string of the molecule is CC(C)(C)OC(=O)N1CC[C@@H](Nc2ncc3c(c2F)C(C)(c2cccc(Cl)c2F)CNC3=O)C1. The summed E-state index contributed by atoms with van der Waals surface area (Å²) in [5.74, 6) is -1.93. The van der Waals surface area contributed by atoms with Crippen LogP contribution in [-0.4, -0.2) is 53.2 Å². The van der Waals surface area contributed by atoms with E-state index in [9.17, 15) is 14.0 Å². The molecule has 1 aromatic carbocycles. The van der Waals surface area contributed by atoms with Crippen molar-refractivity contribution in [2.45, 2.75) is 51.2 Å². The molecule has 0 aliphatic carbocycles. The van der Waals surface area contributed by atoms with Crippen LogP contribution in [0.15, 0.2) is 24.4 Å². The molecule has 2 aliphatic heterocycles. The highest BCUT2D eigenvalue weighted by Crippen LogP contribution is 2.41. The normalized spacial score (nSPS) is 22.3. The molecule has 10 heteroatoms. The summed E-state index contributed by atoms with van der Waals surface area (Å²) in [7, 11) is 0. The highest BCUT2D eigenvalue weighted by molar-refractivity contribution is 6.30. The predicted molar refractivity (Wildman–Crippen MR) is 124 cm³/mol. The molecular weight excluding hydrogens is 466 g/mol. The summed E-state index contributed by atoms with van der Waals surface area (Å²) in [6.45, 7) is 7.79. The number of hydrogen-bond donors (Lipinski definition) is 2. The number of likely N-dealkylation sites (tertiary alicyclic amines) is 1. The molecule has 0 bridgehead atoms. The predicted octanol–water partition coefficient (Wildman–Crippen LogP) is 4.48. The van der Waals surface area contributed by atoms with E-state index in [0.717, 1.165) is 0 Å². The molecule has 4 rings (SSSR count). The van der Waals surface area contributed by atoms with Crippen LogP contribution < -0.4 is 10.6 Å². The Morgan fingerprint density at radius 2 is 2.06 bits per heavy atom. The van der Waals surface area contributed by atoms with Crippen LogP contribution in [0.3, 0.4) is 0 Å². The van der Waals surface area contributed by atoms with Crippen molar-refractivity contribution in [2.75, 3.05) is 25.0 Å². The molecular formula is C24H27ClF2N4O3. The lowest BCUT2D eigenvalue weighted by Crippen LogP contribution is -2.47. The highest BCUT2D eigenvalue weighted by atomic mass is 35.5. The Morgan fingerprint density at radius 3 is 2.76 bits per heavy atom. The molecule has 1 unspecified atom stereocenters. The van der Waals surface area contributed by atoms with Crippen LogP contribution in [0.2, 0.25) is 5.02 Å². The van der Waals surface area contributed by atoms with E-state index >= 15 is 4.39 Å². The third-order valence-corrected chi connectivity index (χ3v) is 6.44. The van der Waals surface area contributed by atoms with Gasteiger partial charge in [-0.25, -0.2) is 18.6 Å². The zero-order valence-corrected chi connectivity index (χ0v) is 20.2. The smallest absolute Gasteiger partial charge is 0.410 e. The van der Waals surface area contributed by atoms with Gasteiger partial charge >= 0.3 is 6.09 Å². The van der Waals surface area contributed by atoms with E-state index in [2.05, 4.69) is 15.6 Å². The summed E-state index contributed by atoms with van der Waals surface area (Å²) in [4.78, 5) is 30.5. The molecule has 0 saturated carbocycles. The van der Waals surface area contributed by atoms with Gasteiger partial charge in [0.1, 0.15) is 11.4 Å². The van der Waals surface area contributed by atoms with E-state index in [1.165, 1.54) is 18.3 Å². The average Bonchev–Trinajstić information content (AvgIpc) is 3.22. The van der Waals surface area contributed by atoms with Gasteiger partial charge in [0.15, 0.2) is 11.6 Å². The van der Waals surface area contributed by atoms with E-state index in [-0.39, 0.29) is 40.1 Å². The number of aromatic nitrogens is 1. The number of nitrogens with zero attached hydrogens (tertiary/aromatic N) is 2. The Balaban J connectivity index is 1.64. The molecule has 2 N–H and O–H groups in total. The molecule has 3 heterocycles. The van der Waals surface area contributed by atoms with Crippen LogP contribution in [0.25, 0.3) is 0 Å². The van der Waals surface area contributed by atoms with Crippen molar-refractivity contribution in [3.05, 3.63) is 57.7 Å². The van der Waals surface area contributed by atoms with Crippen LogP contribution in [0, 0.1) is 11.6 Å². The van der Waals surface area contributed by atoms with Crippen molar-refractivity contribution in [3.63, 3.8) is 0 Å². The number of fused-ring (bicyclic) bond motifs is 1. The molecule has 7 nitrogen and oxygen atoms in total. The quantitative estimate of drug-likeness (QED) is 0.660. The summed E-state index contributed by atoms with van der Waals surface area (Å²) < 4.78 is 36.3. The average molecular weight is 493 g/mol. The van der Waals surface area contributed by atoms with Gasteiger partial charge < -0.3 is 20.3 Å². The minimum Gasteiger partial charge on any atom is -0.444 e. The largest absolute Gasteiger partial charge is 0.444 e. The first kappa shape index (κ1) is 24.2. The third kappa shape index (κ3) is 4.41. The number of amides is 2. The maximum atomic E-state index is 15.9. The fourth-order valence-electron chi connectivity index (χ4n) is 4.46. The van der Waals surface area contributed by atoms with Crippen molar-refractivity contribution in [3.8, 4) is 0 Å². The number of pyridine rings is 1. The molecule has 182 valence electrons. The van der Waals surface area contributed by atoms with E-state index in [1.54, 1.807) is 38.7 Å². The maximum absolute atomic E-state index is 15.9. The van der Waals surface area contributed by atoms with E-state index in [1.807, 2.05) is 0 Å². The van der Waals surface area contributed by atoms with E-state index in [4.69, 9.17) is 16.3 Å². The molecule has 0 radical (unpaired) electrons. The van der Waals surface area contributed by atoms with Gasteiger partial charge in [0, 0.05) is 48.4 Å². The van der Waals surface area contributed by atoms with Gasteiger partial charge in [0.25, 0.3) is 5.91 Å². The molecule has 1 fully saturated rings. The van der Waals surface area contributed by atoms with E-state index < -0.39 is 34.7 Å². The number of ether oxygens (including phenoxy) is 1. The lowest BCUT2D eigenvalue weighted by molar-refractivity contribution is 0.0293. The minimum absolute atomic E-state index is 0.00762. The summed E-state index contributed by atoms with van der Waals surface area (Å²) in [5.41, 5.74) is -1.56. The molecule has 1 saturated heterocycles. The van der Waals surface area contributed by atoms with Crippen LogP contribution in [0.4, 0.5) is 19.4 Å². The molecule has 2 aromatic rings. The number of carbonyl (C=O) groups excluding carboxylic acids is 2. The van der Waals surface area contributed by atoms with Crippen molar-refractivity contribution in [1.82, 2.24) is 15.2 Å². The van der Waals surface area contributed by atoms with Crippen LogP contribution in [0.5, 0.6) is 0 Å². The van der Waals surface area contributed by atoms with Gasteiger partial charge in [-0.15, -0.1) is 0 Å². The van der Waals surface area contributed by atoms with Crippen LogP contribution in [-0.2, 0) is 10.2 Å². The van der Waals surface area contributed by atoms with Crippen molar-refractivity contribution in [2.24, 2.45) is 0 Å². The second-order valence-corrected chi connectivity index (χ2v) is 10.3. The number of halogens is 3. The van der Waals surface area contributed by atoms with Gasteiger partial charge in [-0.1, -0.05) is 23.7 Å². The first-order chi connectivity index (χ1) is 15.9. The number of benzene rings is 1. The lowest BCUT2D eigenvalue weighted by atomic mass is 9.72. The summed E-state index contributed by atoms with van der Waals surface area (Å²) in [6, 6.07) is 4.27. The number of hydrogen-bond acceptors (Lipinski definition) is 5. The van der Waals surface area contributed by atoms with Gasteiger partial charge in [-0.05, 0) is 40.2 Å². The first-order valence-corrected chi connectivity index (χ1v) is 11.4. The Hall–Kier alpha value is -2.94. The Bertz CT molecular complexity index is 1150. The number of anilines is 1. The number of carbonyl (C=O) groups is 2. The molecule has 2 atom stereocenters. The molecule has 0 spiro atoms. The molecule has 2 aliphatic rings. The zero-order chi connectivity index (χ0) is 24.8.